The second kappa shape index (κ2) is 3.46. The lowest BCUT2D eigenvalue weighted by Gasteiger charge is -1.96. The largest absolute Gasteiger partial charge is 0.284 e. The first kappa shape index (κ1) is 9.84. The highest BCUT2D eigenvalue weighted by Gasteiger charge is 2.17. The Morgan fingerprint density at radius 2 is 2.29 bits per heavy atom. The van der Waals surface area contributed by atoms with Crippen LogP contribution in [-0.4, -0.2) is 15.1 Å². The second-order valence-corrected chi connectivity index (χ2v) is 4.41. The fourth-order valence-corrected chi connectivity index (χ4v) is 2.90. The number of aromatic nitrogens is 2. The zero-order valence-corrected chi connectivity index (χ0v) is 10.4. The third kappa shape index (κ3) is 1.40. The lowest BCUT2D eigenvalue weighted by Crippen LogP contribution is -1.89. The molecule has 2 aromatic rings. The molecule has 7 heteroatoms. The minimum atomic E-state index is -0.424. The fourth-order valence-electron chi connectivity index (χ4n) is 1.17. The first-order chi connectivity index (χ1) is 6.61. The van der Waals surface area contributed by atoms with Crippen molar-refractivity contribution in [3.8, 4) is 0 Å². The van der Waals surface area contributed by atoms with Crippen LogP contribution in [0.4, 0.5) is 5.69 Å². The van der Waals surface area contributed by atoms with Crippen LogP contribution < -0.4 is 0 Å². The Morgan fingerprint density at radius 3 is 2.93 bits per heavy atom. The zero-order chi connectivity index (χ0) is 10.3. The number of halogens is 2. The molecule has 1 aromatic heterocycles. The number of nitrogens with one attached hydrogen (secondary N) is 1. The van der Waals surface area contributed by atoms with E-state index in [2.05, 4.69) is 26.1 Å². The molecule has 1 heterocycles. The van der Waals surface area contributed by atoms with Gasteiger partial charge < -0.3 is 0 Å². The SMILES string of the molecule is O=[N+]([O-])c1ccc2[nH]nc(I)c2c1Br. The van der Waals surface area contributed by atoms with Crippen molar-refractivity contribution >= 4 is 55.1 Å². The highest BCUT2D eigenvalue weighted by atomic mass is 127. The lowest BCUT2D eigenvalue weighted by molar-refractivity contribution is -0.385. The summed E-state index contributed by atoms with van der Waals surface area (Å²) < 4.78 is 1.19. The van der Waals surface area contributed by atoms with E-state index in [0.29, 0.717) is 8.17 Å². The van der Waals surface area contributed by atoms with Crippen LogP contribution in [0.1, 0.15) is 0 Å². The molecule has 72 valence electrons. The van der Waals surface area contributed by atoms with Crippen molar-refractivity contribution in [3.05, 3.63) is 30.4 Å². The van der Waals surface area contributed by atoms with Gasteiger partial charge in [-0.25, -0.2) is 0 Å². The molecule has 0 aliphatic carbocycles. The molecule has 0 fully saturated rings. The van der Waals surface area contributed by atoms with Crippen molar-refractivity contribution in [2.75, 3.05) is 0 Å². The Labute approximate surface area is 100 Å². The average Bonchev–Trinajstić information content (AvgIpc) is 2.48. The van der Waals surface area contributed by atoms with Crippen LogP contribution >= 0.6 is 38.5 Å². The van der Waals surface area contributed by atoms with Crippen molar-refractivity contribution < 1.29 is 4.92 Å². The van der Waals surface area contributed by atoms with Gasteiger partial charge in [0, 0.05) is 6.07 Å². The van der Waals surface area contributed by atoms with Crippen molar-refractivity contribution in [2.24, 2.45) is 0 Å². The van der Waals surface area contributed by atoms with E-state index in [9.17, 15) is 10.1 Å². The topological polar surface area (TPSA) is 71.8 Å². The normalized spacial score (nSPS) is 10.7. The number of nitro groups is 1. The lowest BCUT2D eigenvalue weighted by atomic mass is 10.2. The van der Waals surface area contributed by atoms with Crippen LogP contribution in [-0.2, 0) is 0 Å². The standard InChI is InChI=1S/C7H3BrIN3O2/c8-6-4(12(13)14)2-1-3-5(6)7(9)11-10-3/h1-2H,(H,10,11). The molecule has 14 heavy (non-hydrogen) atoms. The summed E-state index contributed by atoms with van der Waals surface area (Å²) in [6.07, 6.45) is 0. The highest BCUT2D eigenvalue weighted by molar-refractivity contribution is 14.1. The Hall–Kier alpha value is -0.700. The van der Waals surface area contributed by atoms with Crippen LogP contribution in [0, 0.1) is 13.8 Å². The summed E-state index contributed by atoms with van der Waals surface area (Å²) in [4.78, 5) is 10.2. The van der Waals surface area contributed by atoms with E-state index in [1.807, 2.05) is 22.6 Å². The van der Waals surface area contributed by atoms with Gasteiger partial charge in [-0.05, 0) is 44.6 Å². The summed E-state index contributed by atoms with van der Waals surface area (Å²) >= 11 is 5.23. The van der Waals surface area contributed by atoms with E-state index in [4.69, 9.17) is 0 Å². The van der Waals surface area contributed by atoms with Crippen molar-refractivity contribution in [1.82, 2.24) is 10.2 Å². The van der Waals surface area contributed by atoms with Gasteiger partial charge in [-0.15, -0.1) is 0 Å². The Morgan fingerprint density at radius 1 is 1.57 bits per heavy atom. The van der Waals surface area contributed by atoms with Gasteiger partial charge in [0.25, 0.3) is 5.69 Å². The van der Waals surface area contributed by atoms with E-state index in [-0.39, 0.29) is 5.69 Å². The summed E-state index contributed by atoms with van der Waals surface area (Å²) in [7, 11) is 0. The van der Waals surface area contributed by atoms with Gasteiger partial charge in [-0.2, -0.15) is 5.10 Å². The Kier molecular flexibility index (Phi) is 2.43. The molecule has 0 amide bonds. The predicted molar refractivity (Wildman–Crippen MR) is 63.2 cm³/mol. The van der Waals surface area contributed by atoms with Gasteiger partial charge in [0.1, 0.15) is 8.17 Å². The molecule has 2 rings (SSSR count). The molecule has 0 unspecified atom stereocenters. The molecule has 0 saturated carbocycles. The minimum absolute atomic E-state index is 0.0526. The monoisotopic (exact) mass is 367 g/mol. The number of fused-ring (bicyclic) bond motifs is 1. The molecule has 0 spiro atoms. The molecule has 5 nitrogen and oxygen atoms in total. The van der Waals surface area contributed by atoms with Gasteiger partial charge >= 0.3 is 0 Å². The summed E-state index contributed by atoms with van der Waals surface area (Å²) in [5, 5.41) is 18.1. The minimum Gasteiger partial charge on any atom is -0.277 e. The van der Waals surface area contributed by atoms with Crippen molar-refractivity contribution in [1.29, 1.82) is 0 Å². The smallest absolute Gasteiger partial charge is 0.277 e. The summed E-state index contributed by atoms with van der Waals surface area (Å²) in [6.45, 7) is 0. The van der Waals surface area contributed by atoms with E-state index in [1.54, 1.807) is 6.07 Å². The first-order valence-electron chi connectivity index (χ1n) is 3.57. The first-order valence-corrected chi connectivity index (χ1v) is 5.45. The van der Waals surface area contributed by atoms with E-state index in [0.717, 1.165) is 10.9 Å². The highest BCUT2D eigenvalue weighted by Crippen LogP contribution is 2.34. The molecule has 1 N–H and O–H groups in total. The maximum absolute atomic E-state index is 10.6. The van der Waals surface area contributed by atoms with Gasteiger partial charge in [0.15, 0.2) is 0 Å². The number of hydrogen-bond donors (Lipinski definition) is 1. The quantitative estimate of drug-likeness (QED) is 0.478. The Balaban J connectivity index is 2.86. The molecular weight excluding hydrogens is 365 g/mol. The van der Waals surface area contributed by atoms with E-state index in [1.165, 1.54) is 6.07 Å². The molecule has 0 radical (unpaired) electrons. The molecular formula is C7H3BrIN3O2. The van der Waals surface area contributed by atoms with Crippen molar-refractivity contribution in [2.45, 2.75) is 0 Å². The third-order valence-electron chi connectivity index (χ3n) is 1.80. The van der Waals surface area contributed by atoms with E-state index >= 15 is 0 Å². The van der Waals surface area contributed by atoms with Crippen LogP contribution in [0.25, 0.3) is 10.9 Å². The molecule has 1 aromatic carbocycles. The average molecular weight is 368 g/mol. The van der Waals surface area contributed by atoms with E-state index < -0.39 is 4.92 Å². The molecule has 0 saturated heterocycles. The zero-order valence-electron chi connectivity index (χ0n) is 6.62. The van der Waals surface area contributed by atoms with Gasteiger partial charge in [0.2, 0.25) is 0 Å². The van der Waals surface area contributed by atoms with Crippen LogP contribution in [0.5, 0.6) is 0 Å². The number of nitrogens with zero attached hydrogens (tertiary/aromatic N) is 2. The Bertz CT molecular complexity index is 525. The summed E-state index contributed by atoms with van der Waals surface area (Å²) in [5.41, 5.74) is 0.837. The number of aromatic amines is 1. The predicted octanol–water partition coefficient (Wildman–Crippen LogP) is 2.84. The molecule has 0 bridgehead atoms. The second-order valence-electron chi connectivity index (χ2n) is 2.59. The van der Waals surface area contributed by atoms with Gasteiger partial charge in [-0.3, -0.25) is 15.2 Å². The van der Waals surface area contributed by atoms with Gasteiger partial charge in [0.05, 0.1) is 15.8 Å². The number of hydrogen-bond acceptors (Lipinski definition) is 3. The summed E-state index contributed by atoms with van der Waals surface area (Å²) in [6, 6.07) is 3.09. The number of H-pyrrole nitrogens is 1. The number of nitro benzene ring substituents is 1. The maximum atomic E-state index is 10.6. The third-order valence-corrected chi connectivity index (χ3v) is 3.38. The van der Waals surface area contributed by atoms with Crippen LogP contribution in [0.15, 0.2) is 16.6 Å². The van der Waals surface area contributed by atoms with Gasteiger partial charge in [-0.1, -0.05) is 0 Å². The van der Waals surface area contributed by atoms with Crippen LogP contribution in [0.2, 0.25) is 0 Å². The number of rotatable bonds is 1. The number of benzene rings is 1. The maximum Gasteiger partial charge on any atom is 0.284 e. The molecule has 0 aliphatic rings. The fraction of sp³-hybridized carbons (Fsp3) is 0. The van der Waals surface area contributed by atoms with Crippen LogP contribution in [0.3, 0.4) is 0 Å². The summed E-state index contributed by atoms with van der Waals surface area (Å²) in [5.74, 6) is 0. The van der Waals surface area contributed by atoms with Crippen molar-refractivity contribution in [3.63, 3.8) is 0 Å². The molecule has 0 atom stereocenters. The molecule has 0 aliphatic heterocycles.